The summed E-state index contributed by atoms with van der Waals surface area (Å²) in [5.41, 5.74) is 2.36. The maximum absolute atomic E-state index is 4.58. The topological polar surface area (TPSA) is 72.1 Å². The Kier molecular flexibility index (Phi) is 8.67. The number of nitrogens with zero attached hydrogens (tertiary/aromatic N) is 5. The van der Waals surface area contributed by atoms with Gasteiger partial charge in [-0.15, -0.1) is 24.0 Å². The van der Waals surface area contributed by atoms with Gasteiger partial charge in [-0.2, -0.15) is 10.2 Å². The van der Waals surface area contributed by atoms with Crippen molar-refractivity contribution in [2.45, 2.75) is 26.3 Å². The van der Waals surface area contributed by atoms with E-state index in [1.165, 1.54) is 5.56 Å². The van der Waals surface area contributed by atoms with Gasteiger partial charge in [0.25, 0.3) is 0 Å². The number of guanidine groups is 1. The Morgan fingerprint density at radius 3 is 2.70 bits per heavy atom. The summed E-state index contributed by atoms with van der Waals surface area (Å²) in [7, 11) is 3.87. The van der Waals surface area contributed by atoms with Crippen molar-refractivity contribution in [1.82, 2.24) is 30.2 Å². The van der Waals surface area contributed by atoms with E-state index in [0.29, 0.717) is 6.54 Å². The van der Waals surface area contributed by atoms with Gasteiger partial charge in [0.1, 0.15) is 0 Å². The Morgan fingerprint density at radius 2 is 2.09 bits per heavy atom. The van der Waals surface area contributed by atoms with E-state index >= 15 is 0 Å². The minimum atomic E-state index is 0. The largest absolute Gasteiger partial charge is 0.357 e. The zero-order valence-corrected chi connectivity index (χ0v) is 16.3. The SMILES string of the molecule is CCNC(=NCc1ccnn1C)NCCCc1cnn(C)c1.I. The van der Waals surface area contributed by atoms with Crippen LogP contribution in [0.2, 0.25) is 0 Å². The van der Waals surface area contributed by atoms with Crippen LogP contribution in [0.25, 0.3) is 0 Å². The van der Waals surface area contributed by atoms with E-state index in [0.717, 1.165) is 37.6 Å². The molecule has 7 nitrogen and oxygen atoms in total. The normalized spacial score (nSPS) is 11.2. The fraction of sp³-hybridized carbons (Fsp3) is 0.533. The first kappa shape index (κ1) is 19.5. The van der Waals surface area contributed by atoms with E-state index in [-0.39, 0.29) is 24.0 Å². The highest BCUT2D eigenvalue weighted by Crippen LogP contribution is 2.00. The first-order valence-corrected chi connectivity index (χ1v) is 7.65. The molecule has 0 aliphatic rings. The van der Waals surface area contributed by atoms with E-state index in [1.807, 2.05) is 35.7 Å². The summed E-state index contributed by atoms with van der Waals surface area (Å²) >= 11 is 0. The molecule has 0 saturated carbocycles. The maximum atomic E-state index is 4.58. The molecule has 0 aliphatic carbocycles. The maximum Gasteiger partial charge on any atom is 0.191 e. The molecule has 2 rings (SSSR count). The molecule has 0 saturated heterocycles. The lowest BCUT2D eigenvalue weighted by molar-refractivity contribution is 0.703. The number of rotatable bonds is 7. The van der Waals surface area contributed by atoms with Gasteiger partial charge < -0.3 is 10.6 Å². The first-order chi connectivity index (χ1) is 10.7. The van der Waals surface area contributed by atoms with Crippen molar-refractivity contribution in [3.8, 4) is 0 Å². The van der Waals surface area contributed by atoms with Crippen LogP contribution in [0.1, 0.15) is 24.6 Å². The summed E-state index contributed by atoms with van der Waals surface area (Å²) in [5.74, 6) is 0.842. The van der Waals surface area contributed by atoms with Gasteiger partial charge in [-0.3, -0.25) is 9.36 Å². The van der Waals surface area contributed by atoms with E-state index in [4.69, 9.17) is 0 Å². The highest BCUT2D eigenvalue weighted by Gasteiger charge is 2.01. The predicted octanol–water partition coefficient (Wildman–Crippen LogP) is 1.46. The molecule has 0 aromatic carbocycles. The van der Waals surface area contributed by atoms with Gasteiger partial charge in [0.15, 0.2) is 5.96 Å². The third-order valence-electron chi connectivity index (χ3n) is 3.36. The molecule has 2 aromatic heterocycles. The number of halogens is 1. The Labute approximate surface area is 154 Å². The standard InChI is InChI=1S/C15H25N7.HI/c1-4-16-15(18-11-14-7-9-19-22(14)3)17-8-5-6-13-10-20-21(2)12-13;/h7,9-10,12H,4-6,8,11H2,1-3H3,(H2,16,17,18);1H. The molecule has 128 valence electrons. The van der Waals surface area contributed by atoms with Crippen LogP contribution in [-0.2, 0) is 27.1 Å². The molecule has 0 bridgehead atoms. The minimum Gasteiger partial charge on any atom is -0.357 e. The highest BCUT2D eigenvalue weighted by atomic mass is 127. The molecule has 8 heteroatoms. The molecule has 2 aromatic rings. The highest BCUT2D eigenvalue weighted by molar-refractivity contribution is 14.0. The zero-order valence-electron chi connectivity index (χ0n) is 14.0. The Balaban J connectivity index is 0.00000264. The summed E-state index contributed by atoms with van der Waals surface area (Å²) in [5, 5.41) is 14.9. The average molecular weight is 431 g/mol. The molecule has 23 heavy (non-hydrogen) atoms. The monoisotopic (exact) mass is 431 g/mol. The van der Waals surface area contributed by atoms with Crippen LogP contribution >= 0.6 is 24.0 Å². The summed E-state index contributed by atoms with van der Waals surface area (Å²) in [6.07, 6.45) is 7.83. The summed E-state index contributed by atoms with van der Waals surface area (Å²) in [6, 6.07) is 1.98. The second-order valence-corrected chi connectivity index (χ2v) is 5.19. The summed E-state index contributed by atoms with van der Waals surface area (Å²) < 4.78 is 3.68. The Hall–Kier alpha value is -1.58. The van der Waals surface area contributed by atoms with Gasteiger partial charge >= 0.3 is 0 Å². The molecule has 0 atom stereocenters. The molecule has 2 heterocycles. The van der Waals surface area contributed by atoms with Crippen LogP contribution in [0.15, 0.2) is 29.6 Å². The molecule has 0 amide bonds. The fourth-order valence-corrected chi connectivity index (χ4v) is 2.16. The number of aryl methyl sites for hydroxylation is 3. The molecule has 0 aliphatic heterocycles. The van der Waals surface area contributed by atoms with Gasteiger partial charge in [-0.05, 0) is 31.4 Å². The van der Waals surface area contributed by atoms with E-state index in [9.17, 15) is 0 Å². The first-order valence-electron chi connectivity index (χ1n) is 7.65. The van der Waals surface area contributed by atoms with E-state index < -0.39 is 0 Å². The number of aromatic nitrogens is 4. The fourth-order valence-electron chi connectivity index (χ4n) is 2.16. The molecular weight excluding hydrogens is 405 g/mol. The van der Waals surface area contributed by atoms with E-state index in [1.54, 1.807) is 6.20 Å². The summed E-state index contributed by atoms with van der Waals surface area (Å²) in [6.45, 7) is 4.41. The van der Waals surface area contributed by atoms with Crippen molar-refractivity contribution in [2.24, 2.45) is 19.1 Å². The minimum absolute atomic E-state index is 0. The molecule has 0 unspecified atom stereocenters. The van der Waals surface area contributed by atoms with Crippen molar-refractivity contribution < 1.29 is 0 Å². The molecule has 0 radical (unpaired) electrons. The second kappa shape index (κ2) is 10.2. The van der Waals surface area contributed by atoms with Crippen LogP contribution in [0.5, 0.6) is 0 Å². The average Bonchev–Trinajstić information content (AvgIpc) is 3.09. The van der Waals surface area contributed by atoms with Gasteiger partial charge in [-0.1, -0.05) is 0 Å². The zero-order chi connectivity index (χ0) is 15.8. The quantitative estimate of drug-likeness (QED) is 0.302. The second-order valence-electron chi connectivity index (χ2n) is 5.19. The van der Waals surface area contributed by atoms with Gasteiger partial charge in [0.05, 0.1) is 18.4 Å². The molecule has 2 N–H and O–H groups in total. The lowest BCUT2D eigenvalue weighted by atomic mass is 10.2. The Morgan fingerprint density at radius 1 is 1.26 bits per heavy atom. The van der Waals surface area contributed by atoms with Crippen LogP contribution in [0.4, 0.5) is 0 Å². The van der Waals surface area contributed by atoms with Crippen LogP contribution < -0.4 is 10.6 Å². The lowest BCUT2D eigenvalue weighted by Crippen LogP contribution is -2.37. The molecule has 0 spiro atoms. The van der Waals surface area contributed by atoms with Crippen molar-refractivity contribution in [2.75, 3.05) is 13.1 Å². The smallest absolute Gasteiger partial charge is 0.191 e. The van der Waals surface area contributed by atoms with Gasteiger partial charge in [0, 0.05) is 39.6 Å². The number of hydrogen-bond acceptors (Lipinski definition) is 3. The van der Waals surface area contributed by atoms with Crippen molar-refractivity contribution in [3.05, 3.63) is 35.9 Å². The van der Waals surface area contributed by atoms with Crippen LogP contribution in [-0.4, -0.2) is 38.6 Å². The van der Waals surface area contributed by atoms with Crippen LogP contribution in [0, 0.1) is 0 Å². The Bertz CT molecular complexity index is 602. The van der Waals surface area contributed by atoms with Crippen molar-refractivity contribution in [3.63, 3.8) is 0 Å². The molecule has 0 fully saturated rings. The predicted molar refractivity (Wildman–Crippen MR) is 103 cm³/mol. The van der Waals surface area contributed by atoms with Crippen molar-refractivity contribution in [1.29, 1.82) is 0 Å². The van der Waals surface area contributed by atoms with Gasteiger partial charge in [-0.25, -0.2) is 4.99 Å². The number of nitrogens with one attached hydrogen (secondary N) is 2. The van der Waals surface area contributed by atoms with Gasteiger partial charge in [0.2, 0.25) is 0 Å². The van der Waals surface area contributed by atoms with E-state index in [2.05, 4.69) is 38.9 Å². The van der Waals surface area contributed by atoms with Crippen LogP contribution in [0.3, 0.4) is 0 Å². The number of hydrogen-bond donors (Lipinski definition) is 2. The third kappa shape index (κ3) is 6.59. The third-order valence-corrected chi connectivity index (χ3v) is 3.36. The summed E-state index contributed by atoms with van der Waals surface area (Å²) in [4.78, 5) is 4.58. The molecular formula is C15H26IN7. The number of aliphatic imine (C=N–C) groups is 1. The lowest BCUT2D eigenvalue weighted by Gasteiger charge is -2.11. The van der Waals surface area contributed by atoms with Crippen molar-refractivity contribution >= 4 is 29.9 Å².